The van der Waals surface area contributed by atoms with Gasteiger partial charge in [0.1, 0.15) is 0 Å². The number of hydrogen-bond acceptors (Lipinski definition) is 1. The Morgan fingerprint density at radius 3 is 2.70 bits per heavy atom. The second-order valence-electron chi connectivity index (χ2n) is 3.28. The van der Waals surface area contributed by atoms with Crippen molar-refractivity contribution in [2.75, 3.05) is 26.2 Å². The molecule has 10 heavy (non-hydrogen) atoms. The molecule has 2 fully saturated rings. The van der Waals surface area contributed by atoms with E-state index in [-0.39, 0.29) is 51.4 Å². The molecule has 52 valence electrons. The minimum Gasteiger partial charge on any atom is -0.662 e. The molecule has 0 saturated carbocycles. The van der Waals surface area contributed by atoms with E-state index in [0.29, 0.717) is 5.41 Å². The molecule has 2 aliphatic heterocycles. The van der Waals surface area contributed by atoms with E-state index in [9.17, 15) is 0 Å². The third-order valence-electron chi connectivity index (χ3n) is 2.58. The number of nitrogens with zero attached hydrogens (tertiary/aromatic N) is 1. The van der Waals surface area contributed by atoms with Crippen molar-refractivity contribution < 1.29 is 51.4 Å². The molecule has 0 bridgehead atoms. The van der Waals surface area contributed by atoms with Gasteiger partial charge in [-0.25, -0.2) is 0 Å². The van der Waals surface area contributed by atoms with Crippen LogP contribution in [-0.4, -0.2) is 26.2 Å². The second-order valence-corrected chi connectivity index (χ2v) is 3.28. The molecular weight excluding hydrogens is 151 g/mol. The summed E-state index contributed by atoms with van der Waals surface area (Å²) in [6, 6.07) is 0. The van der Waals surface area contributed by atoms with Gasteiger partial charge in [-0.1, -0.05) is 6.42 Å². The summed E-state index contributed by atoms with van der Waals surface area (Å²) >= 11 is 0. The molecule has 0 aromatic rings. The van der Waals surface area contributed by atoms with Crippen molar-refractivity contribution in [1.29, 1.82) is 0 Å². The maximum absolute atomic E-state index is 4.38. The summed E-state index contributed by atoms with van der Waals surface area (Å²) in [4.78, 5) is 0. The second kappa shape index (κ2) is 3.98. The van der Waals surface area contributed by atoms with Crippen LogP contribution in [0.3, 0.4) is 0 Å². The molecule has 2 rings (SSSR count). The zero-order valence-corrected chi connectivity index (χ0v) is 9.81. The summed E-state index contributed by atoms with van der Waals surface area (Å²) < 4.78 is 0. The monoisotopic (exact) mass is 164 g/mol. The Morgan fingerprint density at radius 1 is 1.30 bits per heavy atom. The zero-order chi connectivity index (χ0) is 6.16. The van der Waals surface area contributed by atoms with Crippen molar-refractivity contribution >= 4 is 0 Å². The molecule has 0 aromatic carbocycles. The molecule has 0 aliphatic carbocycles. The van der Waals surface area contributed by atoms with Gasteiger partial charge in [-0.2, -0.15) is 0 Å². The van der Waals surface area contributed by atoms with Crippen molar-refractivity contribution in [1.82, 2.24) is 5.32 Å². The van der Waals surface area contributed by atoms with Crippen molar-refractivity contribution in [3.05, 3.63) is 5.32 Å². The molecule has 0 radical (unpaired) electrons. The fourth-order valence-electron chi connectivity index (χ4n) is 1.86. The van der Waals surface area contributed by atoms with Crippen LogP contribution in [0.25, 0.3) is 5.32 Å². The van der Waals surface area contributed by atoms with E-state index in [2.05, 4.69) is 10.6 Å². The first-order chi connectivity index (χ1) is 4.41. The Kier molecular flexibility index (Phi) is 3.84. The fourth-order valence-corrected chi connectivity index (χ4v) is 1.86. The Bertz CT molecular complexity index is 86.7. The third kappa shape index (κ3) is 1.83. The minimum atomic E-state index is 0. The Hall–Kier alpha value is 1.56. The molecule has 1 unspecified atom stereocenters. The molecule has 0 aromatic heterocycles. The molecule has 3 heteroatoms. The van der Waals surface area contributed by atoms with E-state index in [1.54, 1.807) is 0 Å². The van der Waals surface area contributed by atoms with E-state index < -0.39 is 0 Å². The zero-order valence-electron chi connectivity index (χ0n) is 6.69. The normalized spacial score (nSPS) is 38.4. The van der Waals surface area contributed by atoms with E-state index in [1.807, 2.05) is 0 Å². The van der Waals surface area contributed by atoms with Crippen LogP contribution in [0.2, 0.25) is 0 Å². The molecule has 1 atom stereocenters. The van der Waals surface area contributed by atoms with Crippen LogP contribution in [0.1, 0.15) is 12.8 Å². The van der Waals surface area contributed by atoms with Crippen molar-refractivity contribution in [2.24, 2.45) is 5.41 Å². The molecule has 2 aliphatic rings. The van der Waals surface area contributed by atoms with Gasteiger partial charge in [0.15, 0.2) is 0 Å². The maximum Gasteiger partial charge on any atom is 1.00 e. The average Bonchev–Trinajstić information content (AvgIpc) is 2.45. The van der Waals surface area contributed by atoms with E-state index >= 15 is 0 Å². The molecular formula is C7H13KN2. The predicted molar refractivity (Wildman–Crippen MR) is 37.6 cm³/mol. The van der Waals surface area contributed by atoms with E-state index in [4.69, 9.17) is 0 Å². The number of nitrogens with one attached hydrogen (secondary N) is 1. The third-order valence-corrected chi connectivity index (χ3v) is 2.58. The van der Waals surface area contributed by atoms with Gasteiger partial charge >= 0.3 is 51.4 Å². The van der Waals surface area contributed by atoms with Crippen LogP contribution in [0.4, 0.5) is 0 Å². The van der Waals surface area contributed by atoms with Gasteiger partial charge in [0.05, 0.1) is 0 Å². The minimum absolute atomic E-state index is 0. The average molecular weight is 164 g/mol. The van der Waals surface area contributed by atoms with Crippen molar-refractivity contribution in [2.45, 2.75) is 12.8 Å². The summed E-state index contributed by atoms with van der Waals surface area (Å²) in [7, 11) is 0. The Morgan fingerprint density at radius 2 is 2.20 bits per heavy atom. The largest absolute Gasteiger partial charge is 1.00 e. The standard InChI is InChI=1S/C7H13N2.K/c1-3-8-5-7(1)2-4-9-6-7;/h8H,1-6H2;/q-1;+1. The van der Waals surface area contributed by atoms with Crippen LogP contribution in [-0.2, 0) is 0 Å². The van der Waals surface area contributed by atoms with Crippen LogP contribution in [0.5, 0.6) is 0 Å². The SMILES string of the molecule is C1CC2(CCNC2)C[N-]1.[K+]. The maximum atomic E-state index is 4.38. The summed E-state index contributed by atoms with van der Waals surface area (Å²) in [5.41, 5.74) is 0.611. The Labute approximate surface area is 105 Å². The van der Waals surface area contributed by atoms with E-state index in [0.717, 1.165) is 13.1 Å². The molecule has 2 heterocycles. The van der Waals surface area contributed by atoms with Gasteiger partial charge < -0.3 is 10.6 Å². The summed E-state index contributed by atoms with van der Waals surface area (Å²) in [5, 5.41) is 7.77. The predicted octanol–water partition coefficient (Wildman–Crippen LogP) is -2.25. The van der Waals surface area contributed by atoms with Gasteiger partial charge in [0.2, 0.25) is 0 Å². The van der Waals surface area contributed by atoms with Gasteiger partial charge in [-0.3, -0.25) is 0 Å². The van der Waals surface area contributed by atoms with Gasteiger partial charge in [0, 0.05) is 0 Å². The fraction of sp³-hybridized carbons (Fsp3) is 1.00. The molecule has 0 amide bonds. The van der Waals surface area contributed by atoms with Crippen LogP contribution >= 0.6 is 0 Å². The number of rotatable bonds is 0. The first-order valence-electron chi connectivity index (χ1n) is 3.75. The molecule has 1 spiro atoms. The molecule has 2 saturated heterocycles. The van der Waals surface area contributed by atoms with Gasteiger partial charge in [-0.05, 0) is 24.9 Å². The summed E-state index contributed by atoms with van der Waals surface area (Å²) in [6.45, 7) is 4.67. The summed E-state index contributed by atoms with van der Waals surface area (Å²) in [5.74, 6) is 0. The van der Waals surface area contributed by atoms with Crippen molar-refractivity contribution in [3.8, 4) is 0 Å². The molecule has 1 N–H and O–H groups in total. The Balaban J connectivity index is 0.000000500. The smallest absolute Gasteiger partial charge is 0.662 e. The number of hydrogen-bond donors (Lipinski definition) is 1. The first kappa shape index (κ1) is 9.64. The quantitative estimate of drug-likeness (QED) is 0.402. The molecule has 2 nitrogen and oxygen atoms in total. The topological polar surface area (TPSA) is 26.1 Å². The van der Waals surface area contributed by atoms with Gasteiger partial charge in [0.25, 0.3) is 0 Å². The van der Waals surface area contributed by atoms with Crippen molar-refractivity contribution in [3.63, 3.8) is 0 Å². The first-order valence-corrected chi connectivity index (χ1v) is 3.75. The van der Waals surface area contributed by atoms with Crippen LogP contribution < -0.4 is 56.7 Å². The van der Waals surface area contributed by atoms with Crippen LogP contribution in [0, 0.1) is 5.41 Å². The van der Waals surface area contributed by atoms with Crippen LogP contribution in [0.15, 0.2) is 0 Å². The van der Waals surface area contributed by atoms with E-state index in [1.165, 1.54) is 25.9 Å². The van der Waals surface area contributed by atoms with Gasteiger partial charge in [-0.15, -0.1) is 13.1 Å². The summed E-state index contributed by atoms with van der Waals surface area (Å²) in [6.07, 6.45) is 2.69.